The number of pyridine rings is 1. The third kappa shape index (κ3) is 3.63. The summed E-state index contributed by atoms with van der Waals surface area (Å²) < 4.78 is 26.9. The molecule has 6 heteroatoms. The van der Waals surface area contributed by atoms with Crippen LogP contribution in [0.2, 0.25) is 0 Å². The van der Waals surface area contributed by atoms with Crippen LogP contribution in [0.5, 0.6) is 0 Å². The highest BCUT2D eigenvalue weighted by Crippen LogP contribution is 2.18. The molecule has 0 amide bonds. The van der Waals surface area contributed by atoms with Crippen LogP contribution in [0.25, 0.3) is 11.1 Å². The van der Waals surface area contributed by atoms with Gasteiger partial charge in [0, 0.05) is 33.0 Å². The minimum atomic E-state index is -3.39. The van der Waals surface area contributed by atoms with Gasteiger partial charge in [0.2, 0.25) is 0 Å². The molecule has 0 radical (unpaired) electrons. The van der Waals surface area contributed by atoms with E-state index in [1.807, 2.05) is 36.4 Å². The molecule has 0 aliphatic heterocycles. The lowest BCUT2D eigenvalue weighted by Gasteiger charge is -2.12. The van der Waals surface area contributed by atoms with E-state index in [0.29, 0.717) is 0 Å². The zero-order chi connectivity index (χ0) is 14.6. The largest absolute Gasteiger partial charge is 0.279 e. The van der Waals surface area contributed by atoms with E-state index in [9.17, 15) is 8.42 Å². The fourth-order valence-electron chi connectivity index (χ4n) is 1.65. The maximum Gasteiger partial charge on any atom is 0.279 e. The third-order valence-corrected chi connectivity index (χ3v) is 4.36. The van der Waals surface area contributed by atoms with Crippen LogP contribution in [0.15, 0.2) is 48.8 Å². The van der Waals surface area contributed by atoms with Crippen molar-refractivity contribution in [2.75, 3.05) is 14.1 Å². The Morgan fingerprint density at radius 1 is 1.10 bits per heavy atom. The fraction of sp³-hybridized carbons (Fsp3) is 0.214. The van der Waals surface area contributed by atoms with Gasteiger partial charge in [-0.15, -0.1) is 0 Å². The van der Waals surface area contributed by atoms with Crippen molar-refractivity contribution >= 4 is 10.2 Å². The van der Waals surface area contributed by atoms with Crippen LogP contribution < -0.4 is 4.72 Å². The van der Waals surface area contributed by atoms with E-state index in [-0.39, 0.29) is 6.54 Å². The van der Waals surface area contributed by atoms with Gasteiger partial charge in [-0.1, -0.05) is 30.3 Å². The highest BCUT2D eigenvalue weighted by atomic mass is 32.2. The van der Waals surface area contributed by atoms with Gasteiger partial charge in [0.05, 0.1) is 0 Å². The lowest BCUT2D eigenvalue weighted by molar-refractivity contribution is 0.505. The van der Waals surface area contributed by atoms with Gasteiger partial charge >= 0.3 is 0 Å². The van der Waals surface area contributed by atoms with Crippen LogP contribution in [-0.2, 0) is 16.8 Å². The Bertz CT molecular complexity index is 653. The first-order valence-corrected chi connectivity index (χ1v) is 7.59. The molecule has 0 unspecified atom stereocenters. The van der Waals surface area contributed by atoms with Crippen LogP contribution >= 0.6 is 0 Å². The van der Waals surface area contributed by atoms with Crippen molar-refractivity contribution in [2.24, 2.45) is 0 Å². The Labute approximate surface area is 119 Å². The molecule has 1 N–H and O–H groups in total. The molecule has 20 heavy (non-hydrogen) atoms. The van der Waals surface area contributed by atoms with Gasteiger partial charge in [-0.05, 0) is 22.8 Å². The van der Waals surface area contributed by atoms with E-state index >= 15 is 0 Å². The van der Waals surface area contributed by atoms with Gasteiger partial charge in [0.25, 0.3) is 10.2 Å². The van der Waals surface area contributed by atoms with Crippen LogP contribution in [0.3, 0.4) is 0 Å². The van der Waals surface area contributed by atoms with Crippen molar-refractivity contribution in [1.29, 1.82) is 0 Å². The monoisotopic (exact) mass is 291 g/mol. The third-order valence-electron chi connectivity index (χ3n) is 2.89. The molecule has 5 nitrogen and oxygen atoms in total. The first kappa shape index (κ1) is 14.6. The van der Waals surface area contributed by atoms with Gasteiger partial charge in [-0.3, -0.25) is 4.98 Å². The molecule has 0 spiro atoms. The van der Waals surface area contributed by atoms with Crippen LogP contribution in [-0.4, -0.2) is 31.8 Å². The summed E-state index contributed by atoms with van der Waals surface area (Å²) in [6.45, 7) is 0.272. The molecule has 0 atom stereocenters. The smallest absolute Gasteiger partial charge is 0.264 e. The quantitative estimate of drug-likeness (QED) is 0.911. The summed E-state index contributed by atoms with van der Waals surface area (Å²) in [5.74, 6) is 0. The number of aromatic nitrogens is 1. The predicted octanol–water partition coefficient (Wildman–Crippen LogP) is 1.64. The number of hydrogen-bond acceptors (Lipinski definition) is 3. The summed E-state index contributed by atoms with van der Waals surface area (Å²) in [5, 5.41) is 0. The normalized spacial score (nSPS) is 11.8. The summed E-state index contributed by atoms with van der Waals surface area (Å²) in [5.41, 5.74) is 2.99. The summed E-state index contributed by atoms with van der Waals surface area (Å²) in [7, 11) is -0.398. The first-order chi connectivity index (χ1) is 9.49. The number of nitrogens with one attached hydrogen (secondary N) is 1. The van der Waals surface area contributed by atoms with E-state index in [0.717, 1.165) is 21.0 Å². The maximum atomic E-state index is 11.6. The molecule has 1 aromatic heterocycles. The molecule has 1 aromatic carbocycles. The van der Waals surface area contributed by atoms with Gasteiger partial charge < -0.3 is 0 Å². The van der Waals surface area contributed by atoms with Crippen LogP contribution in [0, 0.1) is 0 Å². The first-order valence-electron chi connectivity index (χ1n) is 6.15. The van der Waals surface area contributed by atoms with Gasteiger partial charge in [0.1, 0.15) is 0 Å². The number of hydrogen-bond donors (Lipinski definition) is 1. The predicted molar refractivity (Wildman–Crippen MR) is 79.1 cm³/mol. The molecule has 106 valence electrons. The highest BCUT2D eigenvalue weighted by Gasteiger charge is 2.11. The Hall–Kier alpha value is -1.76. The Kier molecular flexibility index (Phi) is 4.49. The van der Waals surface area contributed by atoms with E-state index in [1.165, 1.54) is 14.1 Å². The molecule has 2 rings (SSSR count). The lowest BCUT2D eigenvalue weighted by Crippen LogP contribution is -2.35. The topological polar surface area (TPSA) is 62.3 Å². The molecular weight excluding hydrogens is 274 g/mol. The van der Waals surface area contributed by atoms with Crippen molar-refractivity contribution in [3.63, 3.8) is 0 Å². The van der Waals surface area contributed by atoms with Crippen molar-refractivity contribution in [3.05, 3.63) is 54.4 Å². The van der Waals surface area contributed by atoms with Crippen LogP contribution in [0.4, 0.5) is 0 Å². The van der Waals surface area contributed by atoms with Crippen molar-refractivity contribution in [3.8, 4) is 11.1 Å². The van der Waals surface area contributed by atoms with E-state index in [4.69, 9.17) is 0 Å². The zero-order valence-electron chi connectivity index (χ0n) is 11.4. The van der Waals surface area contributed by atoms with Crippen molar-refractivity contribution in [1.82, 2.24) is 14.0 Å². The minimum absolute atomic E-state index is 0.272. The molecule has 0 aliphatic rings. The number of benzene rings is 1. The second-order valence-electron chi connectivity index (χ2n) is 4.55. The summed E-state index contributed by atoms with van der Waals surface area (Å²) >= 11 is 0. The average molecular weight is 291 g/mol. The standard InChI is InChI=1S/C14H17N3O2S/c1-17(2)20(18,19)16-10-12-5-7-13(8-6-12)14-4-3-9-15-11-14/h3-9,11,16H,10H2,1-2H3. The molecule has 0 fully saturated rings. The fourth-order valence-corrected chi connectivity index (χ4v) is 2.26. The molecule has 0 bridgehead atoms. The molecule has 0 aliphatic carbocycles. The summed E-state index contributed by atoms with van der Waals surface area (Å²) in [6, 6.07) is 11.6. The van der Waals surface area contributed by atoms with Gasteiger partial charge in [-0.2, -0.15) is 17.4 Å². The molecule has 2 aromatic rings. The summed E-state index contributed by atoms with van der Waals surface area (Å²) in [4.78, 5) is 4.07. The second-order valence-corrected chi connectivity index (χ2v) is 6.52. The van der Waals surface area contributed by atoms with E-state index in [2.05, 4.69) is 9.71 Å². The lowest BCUT2D eigenvalue weighted by atomic mass is 10.1. The second kappa shape index (κ2) is 6.13. The van der Waals surface area contributed by atoms with Crippen molar-refractivity contribution < 1.29 is 8.42 Å². The zero-order valence-corrected chi connectivity index (χ0v) is 12.3. The SMILES string of the molecule is CN(C)S(=O)(=O)NCc1ccc(-c2cccnc2)cc1. The Balaban J connectivity index is 2.06. The number of nitrogens with zero attached hydrogens (tertiary/aromatic N) is 2. The van der Waals surface area contributed by atoms with Gasteiger partial charge in [0.15, 0.2) is 0 Å². The van der Waals surface area contributed by atoms with E-state index in [1.54, 1.807) is 12.4 Å². The molecule has 1 heterocycles. The Morgan fingerprint density at radius 3 is 2.35 bits per heavy atom. The average Bonchev–Trinajstić information content (AvgIpc) is 2.46. The Morgan fingerprint density at radius 2 is 1.80 bits per heavy atom. The molecule has 0 saturated heterocycles. The number of rotatable bonds is 5. The van der Waals surface area contributed by atoms with E-state index < -0.39 is 10.2 Å². The summed E-state index contributed by atoms with van der Waals surface area (Å²) in [6.07, 6.45) is 3.53. The molecular formula is C14H17N3O2S. The molecule has 0 saturated carbocycles. The minimum Gasteiger partial charge on any atom is -0.264 e. The van der Waals surface area contributed by atoms with Crippen molar-refractivity contribution in [2.45, 2.75) is 6.54 Å². The van der Waals surface area contributed by atoms with Gasteiger partial charge in [-0.25, -0.2) is 0 Å². The highest BCUT2D eigenvalue weighted by molar-refractivity contribution is 7.87. The maximum absolute atomic E-state index is 11.6. The van der Waals surface area contributed by atoms with Crippen LogP contribution in [0.1, 0.15) is 5.56 Å².